The maximum absolute atomic E-state index is 13.7. The molecule has 0 saturated carbocycles. The van der Waals surface area contributed by atoms with Gasteiger partial charge in [-0.3, -0.25) is 9.59 Å². The first-order valence-corrected chi connectivity index (χ1v) is 6.59. The topological polar surface area (TPSA) is 82.8 Å². The minimum absolute atomic E-state index is 0.0530. The number of aromatic nitrogens is 1. The predicted octanol–water partition coefficient (Wildman–Crippen LogP) is 3.34. The third-order valence-electron chi connectivity index (χ3n) is 2.83. The molecular formula is C15H8ClF2N3O2. The molecule has 1 aromatic heterocycles. The lowest BCUT2D eigenvalue weighted by Gasteiger charge is -2.11. The van der Waals surface area contributed by atoms with E-state index in [2.05, 4.69) is 10.3 Å². The van der Waals surface area contributed by atoms with Crippen LogP contribution in [-0.4, -0.2) is 16.7 Å². The number of benzene rings is 1. The van der Waals surface area contributed by atoms with Crippen LogP contribution < -0.4 is 5.32 Å². The monoisotopic (exact) mass is 335 g/mol. The average Bonchev–Trinajstić information content (AvgIpc) is 2.46. The highest BCUT2D eigenvalue weighted by Crippen LogP contribution is 2.23. The summed E-state index contributed by atoms with van der Waals surface area (Å²) in [6.07, 6.45) is 0. The molecule has 5 nitrogen and oxygen atoms in total. The number of nitrogens with zero attached hydrogens (tertiary/aromatic N) is 2. The Balaban J connectivity index is 2.46. The molecule has 0 unspecified atom stereocenters. The molecule has 0 aliphatic carbocycles. The molecule has 2 rings (SSSR count). The molecule has 0 radical (unpaired) electrons. The Bertz CT molecular complexity index is 863. The fraction of sp³-hybridized carbons (Fsp3) is 0.0667. The van der Waals surface area contributed by atoms with E-state index in [4.69, 9.17) is 16.9 Å². The first kappa shape index (κ1) is 16.5. The van der Waals surface area contributed by atoms with Gasteiger partial charge in [0, 0.05) is 6.07 Å². The molecule has 1 amide bonds. The Labute approximate surface area is 134 Å². The van der Waals surface area contributed by atoms with Crippen molar-refractivity contribution < 1.29 is 18.4 Å². The van der Waals surface area contributed by atoms with E-state index in [1.807, 2.05) is 0 Å². The van der Waals surface area contributed by atoms with Crippen molar-refractivity contribution in [3.8, 4) is 6.07 Å². The van der Waals surface area contributed by atoms with Crippen LogP contribution in [0.1, 0.15) is 33.5 Å². The number of ketones is 1. The SMILES string of the molecule is CC(=O)c1c(F)cc(F)cc1NC(=O)c1nc(C#N)ccc1Cl. The third kappa shape index (κ3) is 3.49. The molecule has 0 bridgehead atoms. The van der Waals surface area contributed by atoms with E-state index in [-0.39, 0.29) is 22.1 Å². The number of nitrogens with one attached hydrogen (secondary N) is 1. The van der Waals surface area contributed by atoms with E-state index in [9.17, 15) is 18.4 Å². The van der Waals surface area contributed by atoms with E-state index in [0.717, 1.165) is 13.0 Å². The summed E-state index contributed by atoms with van der Waals surface area (Å²) in [6, 6.07) is 5.68. The first-order valence-electron chi connectivity index (χ1n) is 6.21. The number of rotatable bonds is 3. The average molecular weight is 336 g/mol. The lowest BCUT2D eigenvalue weighted by Crippen LogP contribution is -2.17. The highest BCUT2D eigenvalue weighted by Gasteiger charge is 2.20. The Morgan fingerprint density at radius 2 is 2.00 bits per heavy atom. The van der Waals surface area contributed by atoms with Crippen LogP contribution in [-0.2, 0) is 0 Å². The molecular weight excluding hydrogens is 328 g/mol. The second kappa shape index (κ2) is 6.50. The number of halogens is 3. The van der Waals surface area contributed by atoms with Crippen molar-refractivity contribution in [2.45, 2.75) is 6.92 Å². The summed E-state index contributed by atoms with van der Waals surface area (Å²) < 4.78 is 27.1. The second-order valence-electron chi connectivity index (χ2n) is 4.46. The summed E-state index contributed by atoms with van der Waals surface area (Å²) in [7, 11) is 0. The van der Waals surface area contributed by atoms with Crippen LogP contribution >= 0.6 is 11.6 Å². The normalized spacial score (nSPS) is 10.0. The number of anilines is 1. The van der Waals surface area contributed by atoms with Crippen molar-refractivity contribution in [3.63, 3.8) is 0 Å². The van der Waals surface area contributed by atoms with Crippen molar-refractivity contribution in [2.24, 2.45) is 0 Å². The molecule has 0 spiro atoms. The first-order chi connectivity index (χ1) is 10.8. The van der Waals surface area contributed by atoms with Gasteiger partial charge in [-0.05, 0) is 25.1 Å². The lowest BCUT2D eigenvalue weighted by molar-refractivity contribution is 0.101. The fourth-order valence-electron chi connectivity index (χ4n) is 1.88. The van der Waals surface area contributed by atoms with Gasteiger partial charge in [0.05, 0.1) is 16.3 Å². The van der Waals surface area contributed by atoms with E-state index < -0.39 is 28.9 Å². The van der Waals surface area contributed by atoms with Crippen LogP contribution in [0.25, 0.3) is 0 Å². The van der Waals surface area contributed by atoms with E-state index in [0.29, 0.717) is 6.07 Å². The zero-order valence-electron chi connectivity index (χ0n) is 11.7. The minimum atomic E-state index is -1.10. The summed E-state index contributed by atoms with van der Waals surface area (Å²) in [4.78, 5) is 27.4. The Hall–Kier alpha value is -2.85. The van der Waals surface area contributed by atoms with Gasteiger partial charge in [0.1, 0.15) is 29.1 Å². The van der Waals surface area contributed by atoms with Gasteiger partial charge in [-0.25, -0.2) is 13.8 Å². The van der Waals surface area contributed by atoms with Gasteiger partial charge in [0.2, 0.25) is 0 Å². The second-order valence-corrected chi connectivity index (χ2v) is 4.87. The maximum atomic E-state index is 13.7. The number of Topliss-reactive ketones (excluding diaryl/α,β-unsaturated/α-hetero) is 1. The van der Waals surface area contributed by atoms with Gasteiger partial charge in [-0.2, -0.15) is 5.26 Å². The summed E-state index contributed by atoms with van der Waals surface area (Å²) in [5, 5.41) is 10.9. The zero-order chi connectivity index (χ0) is 17.1. The van der Waals surface area contributed by atoms with Crippen LogP contribution in [0.15, 0.2) is 24.3 Å². The smallest absolute Gasteiger partial charge is 0.275 e. The Morgan fingerprint density at radius 1 is 1.30 bits per heavy atom. The van der Waals surface area contributed by atoms with Gasteiger partial charge >= 0.3 is 0 Å². The largest absolute Gasteiger partial charge is 0.320 e. The quantitative estimate of drug-likeness (QED) is 0.872. The number of pyridine rings is 1. The molecule has 1 heterocycles. The van der Waals surface area contributed by atoms with Gasteiger partial charge in [0.15, 0.2) is 5.78 Å². The Morgan fingerprint density at radius 3 is 2.61 bits per heavy atom. The van der Waals surface area contributed by atoms with Gasteiger partial charge in [-0.1, -0.05) is 11.6 Å². The third-order valence-corrected chi connectivity index (χ3v) is 3.14. The van der Waals surface area contributed by atoms with Gasteiger partial charge in [0.25, 0.3) is 5.91 Å². The van der Waals surface area contributed by atoms with Crippen LogP contribution in [0, 0.1) is 23.0 Å². The summed E-state index contributed by atoms with van der Waals surface area (Å²) >= 11 is 5.83. The highest BCUT2D eigenvalue weighted by molar-refractivity contribution is 6.34. The molecule has 1 N–H and O–H groups in total. The number of hydrogen-bond acceptors (Lipinski definition) is 4. The summed E-state index contributed by atoms with van der Waals surface area (Å²) in [5.41, 5.74) is -1.17. The summed E-state index contributed by atoms with van der Waals surface area (Å²) in [6.45, 7) is 1.08. The molecule has 0 aliphatic rings. The molecule has 8 heteroatoms. The highest BCUT2D eigenvalue weighted by atomic mass is 35.5. The van der Waals surface area contributed by atoms with Crippen molar-refractivity contribution in [1.82, 2.24) is 4.98 Å². The van der Waals surface area contributed by atoms with Gasteiger partial charge in [-0.15, -0.1) is 0 Å². The Kier molecular flexibility index (Phi) is 4.67. The molecule has 0 fully saturated rings. The molecule has 1 aromatic carbocycles. The molecule has 0 saturated heterocycles. The molecule has 116 valence electrons. The van der Waals surface area contributed by atoms with Crippen molar-refractivity contribution in [2.75, 3.05) is 5.32 Å². The van der Waals surface area contributed by atoms with Crippen molar-refractivity contribution >= 4 is 29.0 Å². The van der Waals surface area contributed by atoms with Crippen molar-refractivity contribution in [3.05, 3.63) is 57.9 Å². The van der Waals surface area contributed by atoms with Crippen LogP contribution in [0.4, 0.5) is 14.5 Å². The van der Waals surface area contributed by atoms with Crippen molar-refractivity contribution in [1.29, 1.82) is 5.26 Å². The zero-order valence-corrected chi connectivity index (χ0v) is 12.4. The maximum Gasteiger partial charge on any atom is 0.275 e. The number of carbonyl (C=O) groups is 2. The van der Waals surface area contributed by atoms with E-state index in [1.165, 1.54) is 12.1 Å². The van der Waals surface area contributed by atoms with E-state index in [1.54, 1.807) is 6.07 Å². The van der Waals surface area contributed by atoms with Crippen LogP contribution in [0.5, 0.6) is 0 Å². The van der Waals surface area contributed by atoms with Crippen LogP contribution in [0.2, 0.25) is 5.02 Å². The minimum Gasteiger partial charge on any atom is -0.320 e. The lowest BCUT2D eigenvalue weighted by atomic mass is 10.1. The van der Waals surface area contributed by atoms with E-state index >= 15 is 0 Å². The summed E-state index contributed by atoms with van der Waals surface area (Å²) in [5.74, 6) is -3.66. The fourth-order valence-corrected chi connectivity index (χ4v) is 2.07. The molecule has 2 aromatic rings. The molecule has 0 aliphatic heterocycles. The van der Waals surface area contributed by atoms with Crippen LogP contribution in [0.3, 0.4) is 0 Å². The number of hydrogen-bond donors (Lipinski definition) is 1. The predicted molar refractivity (Wildman–Crippen MR) is 78.3 cm³/mol. The number of nitriles is 1. The molecule has 23 heavy (non-hydrogen) atoms. The van der Waals surface area contributed by atoms with Gasteiger partial charge < -0.3 is 5.32 Å². The number of amides is 1. The number of carbonyl (C=O) groups excluding carboxylic acids is 2. The standard InChI is InChI=1S/C15H8ClF2N3O2/c1-7(22)13-11(18)4-8(17)5-12(13)21-15(23)14-10(16)3-2-9(6-19)20-14/h2-5H,1H3,(H,21,23). The molecule has 0 atom stereocenters.